The third-order valence-electron chi connectivity index (χ3n) is 1.68. The van der Waals surface area contributed by atoms with Crippen LogP contribution in [0.25, 0.3) is 0 Å². The minimum Gasteiger partial charge on any atom is -0.465 e. The molecule has 6 heteroatoms. The summed E-state index contributed by atoms with van der Waals surface area (Å²) in [5.41, 5.74) is 6.56. The topological polar surface area (TPSA) is 70.1 Å². The van der Waals surface area contributed by atoms with Gasteiger partial charge >= 0.3 is 5.97 Å². The van der Waals surface area contributed by atoms with Crippen LogP contribution in [0.5, 0.6) is 0 Å². The van der Waals surface area contributed by atoms with Crippen LogP contribution >= 0.6 is 22.6 Å². The number of esters is 1. The van der Waals surface area contributed by atoms with Gasteiger partial charge in [-0.05, 0) is 36.4 Å². The molecule has 0 spiro atoms. The molecule has 0 radical (unpaired) electrons. The van der Waals surface area contributed by atoms with Crippen molar-refractivity contribution in [2.24, 2.45) is 0 Å². The van der Waals surface area contributed by atoms with Gasteiger partial charge in [0.2, 0.25) is 0 Å². The second-order valence-corrected chi connectivity index (χ2v) is 3.83. The fourth-order valence-corrected chi connectivity index (χ4v) is 1.41. The molecule has 0 bridgehead atoms. The van der Waals surface area contributed by atoms with Gasteiger partial charge in [0, 0.05) is 0 Å². The van der Waals surface area contributed by atoms with Gasteiger partial charge in [0.25, 0.3) is 0 Å². The predicted molar refractivity (Wildman–Crippen MR) is 60.7 cm³/mol. The van der Waals surface area contributed by atoms with Crippen molar-refractivity contribution >= 4 is 34.4 Å². The highest BCUT2D eigenvalue weighted by atomic mass is 127. The first-order valence-electron chi connectivity index (χ1n) is 4.20. The number of halogens is 1. The Kier molecular flexibility index (Phi) is 3.73. The maximum atomic E-state index is 11.1. The fourth-order valence-electron chi connectivity index (χ4n) is 1.03. The van der Waals surface area contributed by atoms with E-state index in [1.165, 1.54) is 4.68 Å². The van der Waals surface area contributed by atoms with Gasteiger partial charge in [-0.3, -0.25) is 4.79 Å². The first-order chi connectivity index (χ1) is 6.56. The van der Waals surface area contributed by atoms with Crippen molar-refractivity contribution < 1.29 is 9.53 Å². The maximum absolute atomic E-state index is 11.1. The molecule has 5 nitrogen and oxygen atoms in total. The Balaban J connectivity index is 2.77. The Hall–Kier alpha value is -0.790. The molecule has 1 aromatic rings. The van der Waals surface area contributed by atoms with E-state index in [4.69, 9.17) is 10.5 Å². The van der Waals surface area contributed by atoms with E-state index in [9.17, 15) is 4.79 Å². The summed E-state index contributed by atoms with van der Waals surface area (Å²) in [6.45, 7) is 4.05. The van der Waals surface area contributed by atoms with Crippen molar-refractivity contribution in [1.82, 2.24) is 9.78 Å². The second kappa shape index (κ2) is 4.63. The Morgan fingerprint density at radius 2 is 2.36 bits per heavy atom. The quantitative estimate of drug-likeness (QED) is 0.666. The Labute approximate surface area is 95.7 Å². The third-order valence-corrected chi connectivity index (χ3v) is 3.01. The van der Waals surface area contributed by atoms with Crippen LogP contribution in [0.15, 0.2) is 0 Å². The molecule has 0 saturated carbocycles. The SMILES string of the molecule is CCOC(=O)Cn1nc(C)c(I)c1N. The van der Waals surface area contributed by atoms with Crippen molar-refractivity contribution in [3.05, 3.63) is 9.26 Å². The summed E-state index contributed by atoms with van der Waals surface area (Å²) in [5, 5.41) is 4.12. The number of nitrogens with zero attached hydrogens (tertiary/aromatic N) is 2. The van der Waals surface area contributed by atoms with E-state index >= 15 is 0 Å². The van der Waals surface area contributed by atoms with Crippen LogP contribution in [0.4, 0.5) is 5.82 Å². The minimum absolute atomic E-state index is 0.0729. The molecule has 0 aliphatic carbocycles. The Morgan fingerprint density at radius 3 is 2.79 bits per heavy atom. The predicted octanol–water partition coefficient (Wildman–Crippen LogP) is 0.941. The van der Waals surface area contributed by atoms with Gasteiger partial charge in [-0.1, -0.05) is 0 Å². The lowest BCUT2D eigenvalue weighted by Gasteiger charge is -2.03. The van der Waals surface area contributed by atoms with Gasteiger partial charge in [0.15, 0.2) is 0 Å². The highest BCUT2D eigenvalue weighted by Gasteiger charge is 2.12. The van der Waals surface area contributed by atoms with E-state index in [0.29, 0.717) is 12.4 Å². The number of carbonyl (C=O) groups excluding carboxylic acids is 1. The van der Waals surface area contributed by atoms with Crippen LogP contribution in [-0.4, -0.2) is 22.4 Å². The number of rotatable bonds is 3. The number of carbonyl (C=O) groups is 1. The molecule has 0 amide bonds. The fraction of sp³-hybridized carbons (Fsp3) is 0.500. The number of ether oxygens (including phenoxy) is 1. The molecule has 0 aliphatic heterocycles. The summed E-state index contributed by atoms with van der Waals surface area (Å²) in [4.78, 5) is 11.1. The van der Waals surface area contributed by atoms with Crippen LogP contribution in [0.1, 0.15) is 12.6 Å². The van der Waals surface area contributed by atoms with Gasteiger partial charge in [0.05, 0.1) is 15.9 Å². The lowest BCUT2D eigenvalue weighted by molar-refractivity contribution is -0.144. The monoisotopic (exact) mass is 309 g/mol. The van der Waals surface area contributed by atoms with Crippen LogP contribution < -0.4 is 5.73 Å². The minimum atomic E-state index is -0.321. The van der Waals surface area contributed by atoms with E-state index in [2.05, 4.69) is 27.7 Å². The molecule has 0 atom stereocenters. The summed E-state index contributed by atoms with van der Waals surface area (Å²) in [6.07, 6.45) is 0. The molecule has 0 unspecified atom stereocenters. The van der Waals surface area contributed by atoms with Crippen molar-refractivity contribution in [3.63, 3.8) is 0 Å². The molecule has 1 heterocycles. The normalized spacial score (nSPS) is 10.2. The number of nitrogens with two attached hydrogens (primary N) is 1. The Morgan fingerprint density at radius 1 is 1.71 bits per heavy atom. The van der Waals surface area contributed by atoms with Crippen LogP contribution in [0, 0.1) is 10.5 Å². The molecule has 0 aliphatic rings. The summed E-state index contributed by atoms with van der Waals surface area (Å²) < 4.78 is 7.13. The highest BCUT2D eigenvalue weighted by Crippen LogP contribution is 2.17. The van der Waals surface area contributed by atoms with E-state index in [-0.39, 0.29) is 12.5 Å². The number of hydrogen-bond donors (Lipinski definition) is 1. The van der Waals surface area contributed by atoms with Crippen LogP contribution in [0.3, 0.4) is 0 Å². The highest BCUT2D eigenvalue weighted by molar-refractivity contribution is 14.1. The summed E-state index contributed by atoms with van der Waals surface area (Å²) in [5.74, 6) is 0.189. The lowest BCUT2D eigenvalue weighted by atomic mass is 10.5. The average molecular weight is 309 g/mol. The third kappa shape index (κ3) is 2.37. The molecule has 0 fully saturated rings. The molecular formula is C8H12IN3O2. The Bertz CT molecular complexity index is 349. The van der Waals surface area contributed by atoms with E-state index in [1.54, 1.807) is 6.92 Å². The van der Waals surface area contributed by atoms with Gasteiger partial charge < -0.3 is 10.5 Å². The molecule has 78 valence electrons. The number of nitrogen functional groups attached to an aromatic ring is 1. The smallest absolute Gasteiger partial charge is 0.327 e. The second-order valence-electron chi connectivity index (χ2n) is 2.75. The summed E-state index contributed by atoms with van der Waals surface area (Å²) in [7, 11) is 0. The standard InChI is InChI=1S/C8H12IN3O2/c1-3-14-6(13)4-12-8(10)7(9)5(2)11-12/h3-4,10H2,1-2H3. The van der Waals surface area contributed by atoms with Gasteiger partial charge in [-0.2, -0.15) is 5.10 Å². The molecule has 0 aromatic carbocycles. The maximum Gasteiger partial charge on any atom is 0.327 e. The molecule has 0 saturated heterocycles. The molecule has 1 rings (SSSR count). The van der Waals surface area contributed by atoms with Crippen molar-refractivity contribution in [2.75, 3.05) is 12.3 Å². The summed E-state index contributed by atoms with van der Waals surface area (Å²) in [6, 6.07) is 0. The van der Waals surface area contributed by atoms with E-state index < -0.39 is 0 Å². The largest absolute Gasteiger partial charge is 0.465 e. The van der Waals surface area contributed by atoms with Gasteiger partial charge in [0.1, 0.15) is 12.4 Å². The van der Waals surface area contributed by atoms with Gasteiger partial charge in [-0.15, -0.1) is 0 Å². The molecule has 14 heavy (non-hydrogen) atoms. The zero-order chi connectivity index (χ0) is 10.7. The number of aromatic nitrogens is 2. The molecular weight excluding hydrogens is 297 g/mol. The van der Waals surface area contributed by atoms with E-state index in [0.717, 1.165) is 9.26 Å². The van der Waals surface area contributed by atoms with Crippen molar-refractivity contribution in [3.8, 4) is 0 Å². The van der Waals surface area contributed by atoms with E-state index in [1.807, 2.05) is 6.92 Å². The van der Waals surface area contributed by atoms with Crippen molar-refractivity contribution in [2.45, 2.75) is 20.4 Å². The average Bonchev–Trinajstić information content (AvgIpc) is 2.34. The number of hydrogen-bond acceptors (Lipinski definition) is 4. The molecule has 2 N–H and O–H groups in total. The van der Waals surface area contributed by atoms with Crippen molar-refractivity contribution in [1.29, 1.82) is 0 Å². The summed E-state index contributed by atoms with van der Waals surface area (Å²) >= 11 is 2.10. The molecule has 1 aromatic heterocycles. The van der Waals surface area contributed by atoms with Gasteiger partial charge in [-0.25, -0.2) is 4.68 Å². The first-order valence-corrected chi connectivity index (χ1v) is 5.28. The van der Waals surface area contributed by atoms with Crippen LogP contribution in [-0.2, 0) is 16.1 Å². The first kappa shape index (κ1) is 11.3. The zero-order valence-electron chi connectivity index (χ0n) is 8.08. The number of anilines is 1. The number of aryl methyl sites for hydroxylation is 1. The van der Waals surface area contributed by atoms with Crippen LogP contribution in [0.2, 0.25) is 0 Å². The zero-order valence-corrected chi connectivity index (χ0v) is 10.2. The lowest BCUT2D eigenvalue weighted by Crippen LogP contribution is -2.16.